The van der Waals surface area contributed by atoms with Crippen molar-refractivity contribution in [1.82, 2.24) is 26.5 Å². The second-order valence-electron chi connectivity index (χ2n) is 9.52. The summed E-state index contributed by atoms with van der Waals surface area (Å²) < 4.78 is 22.8. The van der Waals surface area contributed by atoms with Crippen LogP contribution >= 0.6 is 0 Å². The molecule has 0 saturated carbocycles. The second-order valence-corrected chi connectivity index (χ2v) is 11.7. The predicted octanol–water partition coefficient (Wildman–Crippen LogP) is -0.514. The van der Waals surface area contributed by atoms with Gasteiger partial charge in [-0.2, -0.15) is 0 Å². The zero-order valence-corrected chi connectivity index (χ0v) is 20.6. The molecule has 11 nitrogen and oxygen atoms in total. The topological polar surface area (TPSA) is 157 Å². The fourth-order valence-corrected chi connectivity index (χ4v) is 3.56. The number of hydroxylamine groups is 1. The quantitative estimate of drug-likeness (QED) is 0.190. The molecule has 0 fully saturated rings. The predicted molar refractivity (Wildman–Crippen MR) is 117 cm³/mol. The molecular weight excluding hydrogens is 426 g/mol. The average Bonchev–Trinajstić information content (AvgIpc) is 2.58. The van der Waals surface area contributed by atoms with E-state index in [4.69, 9.17) is 0 Å². The minimum absolute atomic E-state index is 0.0170. The lowest BCUT2D eigenvalue weighted by Gasteiger charge is -2.34. The molecule has 0 aromatic heterocycles. The third-order valence-corrected chi connectivity index (χ3v) is 5.20. The van der Waals surface area contributed by atoms with Crippen molar-refractivity contribution in [2.45, 2.75) is 47.1 Å². The molecule has 0 spiro atoms. The molecule has 0 aromatic rings. The zero-order chi connectivity index (χ0) is 24.6. The maximum absolute atomic E-state index is 13.2. The molecule has 12 heteroatoms. The number of sulfone groups is 1. The monoisotopic (exact) mass is 465 g/mol. The third kappa shape index (κ3) is 11.4. The van der Waals surface area contributed by atoms with Crippen molar-refractivity contribution in [3.63, 3.8) is 0 Å². The van der Waals surface area contributed by atoms with E-state index < -0.39 is 50.9 Å². The van der Waals surface area contributed by atoms with Crippen LogP contribution in [0.2, 0.25) is 0 Å². The van der Waals surface area contributed by atoms with E-state index >= 15 is 0 Å². The lowest BCUT2D eigenvalue weighted by Crippen LogP contribution is -2.58. The highest BCUT2D eigenvalue weighted by atomic mass is 32.2. The minimum Gasteiger partial charge on any atom is -0.343 e. The zero-order valence-electron chi connectivity index (χ0n) is 19.8. The third-order valence-electron chi connectivity index (χ3n) is 4.47. The summed E-state index contributed by atoms with van der Waals surface area (Å²) in [5.41, 5.74) is 3.57. The molecule has 0 bridgehead atoms. The summed E-state index contributed by atoms with van der Waals surface area (Å²) in [6.07, 6.45) is 1.33. The van der Waals surface area contributed by atoms with E-state index in [-0.39, 0.29) is 24.8 Å². The molecule has 0 aliphatic heterocycles. The summed E-state index contributed by atoms with van der Waals surface area (Å²) in [7, 11) is -0.0480. The minimum atomic E-state index is -3.35. The van der Waals surface area contributed by atoms with Crippen molar-refractivity contribution in [2.24, 2.45) is 23.2 Å². The van der Waals surface area contributed by atoms with Crippen molar-refractivity contribution < 1.29 is 28.0 Å². The molecule has 182 valence electrons. The number of rotatable bonds is 12. The Morgan fingerprint density at radius 3 is 1.94 bits per heavy atom. The van der Waals surface area contributed by atoms with E-state index in [2.05, 4.69) is 16.1 Å². The molecule has 0 aromatic carbocycles. The Morgan fingerprint density at radius 1 is 1.00 bits per heavy atom. The van der Waals surface area contributed by atoms with Gasteiger partial charge in [0.1, 0.15) is 6.04 Å². The summed E-state index contributed by atoms with van der Waals surface area (Å²) in [4.78, 5) is 38.2. The van der Waals surface area contributed by atoms with E-state index in [1.807, 2.05) is 13.8 Å². The summed E-state index contributed by atoms with van der Waals surface area (Å²) >= 11 is 0. The highest BCUT2D eigenvalue weighted by molar-refractivity contribution is 7.90. The van der Waals surface area contributed by atoms with Crippen LogP contribution in [-0.4, -0.2) is 75.2 Å². The van der Waals surface area contributed by atoms with Gasteiger partial charge in [0, 0.05) is 26.9 Å². The molecule has 0 rings (SSSR count). The number of nitrogens with one attached hydrogen (secondary N) is 4. The Hall–Kier alpha value is -1.76. The van der Waals surface area contributed by atoms with Gasteiger partial charge in [0.05, 0.1) is 17.7 Å². The lowest BCUT2D eigenvalue weighted by molar-refractivity contribution is -0.142. The van der Waals surface area contributed by atoms with Gasteiger partial charge >= 0.3 is 0 Å². The summed E-state index contributed by atoms with van der Waals surface area (Å²) in [6.45, 7) is 9.01. The Kier molecular flexibility index (Phi) is 11.6. The van der Waals surface area contributed by atoms with Gasteiger partial charge in [0.25, 0.3) is 5.91 Å². The number of hydrogen-bond acceptors (Lipinski definition) is 8. The Bertz CT molecular complexity index is 718. The summed E-state index contributed by atoms with van der Waals surface area (Å²) in [5.74, 6) is -4.07. The SMILES string of the molecule is CC(C)C[C@@H](C(=O)N[C@H](C(=O)NN(C)C)C(C)(C)C)[C@H](CNCS(C)(=O)=O)C(=O)NO. The largest absolute Gasteiger partial charge is 0.343 e. The average molecular weight is 466 g/mol. The summed E-state index contributed by atoms with van der Waals surface area (Å²) in [6, 6.07) is -0.890. The van der Waals surface area contributed by atoms with Gasteiger partial charge in [0.2, 0.25) is 11.8 Å². The van der Waals surface area contributed by atoms with Crippen LogP contribution in [0.1, 0.15) is 41.0 Å². The molecule has 0 aliphatic rings. The Labute approximate surface area is 185 Å². The van der Waals surface area contributed by atoms with Crippen molar-refractivity contribution in [3.05, 3.63) is 0 Å². The van der Waals surface area contributed by atoms with Crippen LogP contribution in [0.25, 0.3) is 0 Å². The van der Waals surface area contributed by atoms with Crippen LogP contribution in [0.4, 0.5) is 0 Å². The smallest absolute Gasteiger partial charge is 0.257 e. The van der Waals surface area contributed by atoms with Crippen LogP contribution in [0.5, 0.6) is 0 Å². The van der Waals surface area contributed by atoms with Crippen LogP contribution in [0.3, 0.4) is 0 Å². The number of hydrazine groups is 1. The maximum atomic E-state index is 13.2. The fraction of sp³-hybridized carbons (Fsp3) is 0.842. The first-order valence-electron chi connectivity index (χ1n) is 10.1. The van der Waals surface area contributed by atoms with Crippen LogP contribution in [0, 0.1) is 23.2 Å². The van der Waals surface area contributed by atoms with Crippen LogP contribution in [0.15, 0.2) is 0 Å². The summed E-state index contributed by atoms with van der Waals surface area (Å²) in [5, 5.41) is 16.1. The lowest BCUT2D eigenvalue weighted by atomic mass is 9.82. The molecule has 0 radical (unpaired) electrons. The van der Waals surface area contributed by atoms with Crippen molar-refractivity contribution in [1.29, 1.82) is 0 Å². The first-order chi connectivity index (χ1) is 14.0. The second kappa shape index (κ2) is 12.3. The molecule has 3 amide bonds. The number of hydrogen-bond donors (Lipinski definition) is 5. The number of amides is 3. The van der Waals surface area contributed by atoms with Gasteiger partial charge in [-0.05, 0) is 17.8 Å². The molecule has 31 heavy (non-hydrogen) atoms. The molecule has 0 unspecified atom stereocenters. The molecule has 0 heterocycles. The molecular formula is C19H39N5O6S. The first-order valence-corrected chi connectivity index (χ1v) is 12.2. The molecule has 0 saturated heterocycles. The highest BCUT2D eigenvalue weighted by Crippen LogP contribution is 2.25. The number of carbonyl (C=O) groups excluding carboxylic acids is 3. The Morgan fingerprint density at radius 2 is 1.55 bits per heavy atom. The van der Waals surface area contributed by atoms with E-state index in [9.17, 15) is 28.0 Å². The van der Waals surface area contributed by atoms with E-state index in [0.717, 1.165) is 6.26 Å². The molecule has 3 atom stereocenters. The highest BCUT2D eigenvalue weighted by Gasteiger charge is 2.39. The first kappa shape index (κ1) is 29.2. The number of nitrogens with zero attached hydrogens (tertiary/aromatic N) is 1. The van der Waals surface area contributed by atoms with Crippen LogP contribution in [-0.2, 0) is 24.2 Å². The van der Waals surface area contributed by atoms with E-state index in [0.29, 0.717) is 0 Å². The Balaban J connectivity index is 5.82. The van der Waals surface area contributed by atoms with E-state index in [1.165, 1.54) is 5.01 Å². The molecule has 5 N–H and O–H groups in total. The molecule has 0 aliphatic carbocycles. The van der Waals surface area contributed by atoms with Crippen molar-refractivity contribution in [2.75, 3.05) is 32.8 Å². The van der Waals surface area contributed by atoms with Gasteiger partial charge in [0.15, 0.2) is 9.84 Å². The van der Waals surface area contributed by atoms with Crippen LogP contribution < -0.4 is 21.5 Å². The van der Waals surface area contributed by atoms with Gasteiger partial charge in [-0.15, -0.1) is 0 Å². The van der Waals surface area contributed by atoms with Crippen molar-refractivity contribution in [3.8, 4) is 0 Å². The van der Waals surface area contributed by atoms with Gasteiger partial charge < -0.3 is 10.6 Å². The maximum Gasteiger partial charge on any atom is 0.257 e. The van der Waals surface area contributed by atoms with Gasteiger partial charge in [-0.3, -0.25) is 25.0 Å². The number of carbonyl (C=O) groups is 3. The fourth-order valence-electron chi connectivity index (χ4n) is 3.07. The standard InChI is InChI=1S/C19H39N5O6S/c1-12(2)9-13(14(17(26)23-28)10-20-11-31(8,29)30)16(25)21-15(19(3,4)5)18(27)22-24(6)7/h12-15,20,28H,9-11H2,1-8H3,(H,21,25)(H,22,27)(H,23,26)/t13-,14+,15-/m1/s1. The van der Waals surface area contributed by atoms with Gasteiger partial charge in [-0.25, -0.2) is 18.9 Å². The van der Waals surface area contributed by atoms with E-state index in [1.54, 1.807) is 40.3 Å². The van der Waals surface area contributed by atoms with Crippen molar-refractivity contribution >= 4 is 27.6 Å². The normalized spacial score (nSPS) is 15.3. The van der Waals surface area contributed by atoms with Gasteiger partial charge in [-0.1, -0.05) is 34.6 Å².